The molecule has 1 aromatic heterocycles. The predicted molar refractivity (Wildman–Crippen MR) is 105 cm³/mol. The zero-order valence-corrected chi connectivity index (χ0v) is 15.9. The number of hydrogen-bond acceptors (Lipinski definition) is 5. The van der Waals surface area contributed by atoms with Crippen molar-refractivity contribution in [2.75, 3.05) is 24.8 Å². The minimum atomic E-state index is -1.38. The van der Waals surface area contributed by atoms with Crippen molar-refractivity contribution in [3.63, 3.8) is 0 Å². The van der Waals surface area contributed by atoms with E-state index in [1.54, 1.807) is 14.2 Å². The molecule has 0 spiro atoms. The van der Waals surface area contributed by atoms with Gasteiger partial charge in [0.05, 0.1) is 18.6 Å². The summed E-state index contributed by atoms with van der Waals surface area (Å²) in [5.41, 5.74) is 2.12. The van der Waals surface area contributed by atoms with E-state index in [0.717, 1.165) is 17.0 Å². The van der Waals surface area contributed by atoms with Gasteiger partial charge >= 0.3 is 0 Å². The second kappa shape index (κ2) is 8.64. The number of anilines is 1. The van der Waals surface area contributed by atoms with Gasteiger partial charge in [-0.05, 0) is 36.4 Å². The van der Waals surface area contributed by atoms with Gasteiger partial charge in [-0.2, -0.15) is 0 Å². The van der Waals surface area contributed by atoms with E-state index in [0.29, 0.717) is 11.6 Å². The van der Waals surface area contributed by atoms with E-state index < -0.39 is 10.8 Å². The van der Waals surface area contributed by atoms with Crippen molar-refractivity contribution in [2.45, 2.75) is 5.75 Å². The molecule has 3 aromatic rings. The topological polar surface area (TPSA) is 72.6 Å². The molecule has 0 fully saturated rings. The summed E-state index contributed by atoms with van der Waals surface area (Å²) in [5, 5.41) is 0. The van der Waals surface area contributed by atoms with E-state index in [9.17, 15) is 9.00 Å². The highest BCUT2D eigenvalue weighted by molar-refractivity contribution is 7.84. The minimum Gasteiger partial charge on any atom is -0.497 e. The highest BCUT2D eigenvalue weighted by Gasteiger charge is 2.16. The summed E-state index contributed by atoms with van der Waals surface area (Å²) in [5.74, 6) is 1.06. The van der Waals surface area contributed by atoms with Crippen LogP contribution in [0, 0.1) is 0 Å². The lowest BCUT2D eigenvalue weighted by molar-refractivity contribution is -0.115. The van der Waals surface area contributed by atoms with Crippen LogP contribution in [0.1, 0.15) is 5.69 Å². The van der Waals surface area contributed by atoms with Gasteiger partial charge in [-0.25, -0.2) is 4.98 Å². The lowest BCUT2D eigenvalue weighted by Gasteiger charge is -2.16. The first-order valence-electron chi connectivity index (χ1n) is 8.32. The molecule has 0 aliphatic heterocycles. The van der Waals surface area contributed by atoms with Crippen molar-refractivity contribution in [3.8, 4) is 17.2 Å². The van der Waals surface area contributed by atoms with Gasteiger partial charge in [0.25, 0.3) is 0 Å². The summed E-state index contributed by atoms with van der Waals surface area (Å²) in [4.78, 5) is 18.2. The van der Waals surface area contributed by atoms with Crippen LogP contribution >= 0.6 is 0 Å². The molecule has 140 valence electrons. The second-order valence-corrected chi connectivity index (χ2v) is 7.35. The Morgan fingerprint density at radius 3 is 2.52 bits per heavy atom. The van der Waals surface area contributed by atoms with Gasteiger partial charge in [-0.3, -0.25) is 9.00 Å². The van der Waals surface area contributed by atoms with Crippen LogP contribution in [0.15, 0.2) is 65.3 Å². The number of rotatable bonds is 7. The van der Waals surface area contributed by atoms with Crippen LogP contribution in [0.25, 0.3) is 11.5 Å². The number of nitrogens with zero attached hydrogens (tertiary/aromatic N) is 2. The third kappa shape index (κ3) is 4.83. The lowest BCUT2D eigenvalue weighted by atomic mass is 10.2. The zero-order chi connectivity index (χ0) is 19.2. The van der Waals surface area contributed by atoms with Crippen molar-refractivity contribution in [1.82, 2.24) is 4.98 Å². The van der Waals surface area contributed by atoms with Crippen LogP contribution < -0.4 is 9.64 Å². The highest BCUT2D eigenvalue weighted by Crippen LogP contribution is 2.22. The van der Waals surface area contributed by atoms with Crippen molar-refractivity contribution in [3.05, 3.63) is 66.6 Å². The van der Waals surface area contributed by atoms with Crippen LogP contribution in [0.3, 0.4) is 0 Å². The third-order valence-electron chi connectivity index (χ3n) is 4.00. The number of carbonyl (C=O) groups excluding carboxylic acids is 1. The maximum absolute atomic E-state index is 12.4. The number of para-hydroxylation sites is 1. The molecular formula is C20H20N2O4S. The van der Waals surface area contributed by atoms with Crippen LogP contribution in [-0.4, -0.2) is 35.0 Å². The molecule has 1 amide bonds. The molecule has 0 radical (unpaired) electrons. The van der Waals surface area contributed by atoms with Crippen LogP contribution in [0.4, 0.5) is 5.69 Å². The predicted octanol–water partition coefficient (Wildman–Crippen LogP) is 3.26. The van der Waals surface area contributed by atoms with Gasteiger partial charge in [0.1, 0.15) is 17.8 Å². The summed E-state index contributed by atoms with van der Waals surface area (Å²) >= 11 is 0. The molecule has 1 heterocycles. The second-order valence-electron chi connectivity index (χ2n) is 5.89. The highest BCUT2D eigenvalue weighted by atomic mass is 32.2. The molecule has 1 atom stereocenters. The van der Waals surface area contributed by atoms with Crippen LogP contribution in [0.2, 0.25) is 0 Å². The molecule has 27 heavy (non-hydrogen) atoms. The Morgan fingerprint density at radius 2 is 1.85 bits per heavy atom. The fraction of sp³-hybridized carbons (Fsp3) is 0.200. The number of hydrogen-bond donors (Lipinski definition) is 0. The molecule has 0 bridgehead atoms. The number of carbonyl (C=O) groups is 1. The number of aromatic nitrogens is 1. The van der Waals surface area contributed by atoms with E-state index in [1.165, 1.54) is 11.2 Å². The smallest absolute Gasteiger partial charge is 0.239 e. The Labute approximate surface area is 160 Å². The Bertz CT molecular complexity index is 923. The monoisotopic (exact) mass is 384 g/mol. The van der Waals surface area contributed by atoms with E-state index in [-0.39, 0.29) is 17.4 Å². The standard InChI is InChI=1S/C20H20N2O4S/c1-22(17-6-4-3-5-7-17)19(23)14-27(24)13-16-12-26-20(21-16)15-8-10-18(25-2)11-9-15/h3-12H,13-14H2,1-2H3. The maximum atomic E-state index is 12.4. The first-order valence-corrected chi connectivity index (χ1v) is 9.81. The summed E-state index contributed by atoms with van der Waals surface area (Å²) in [6.45, 7) is 0. The van der Waals surface area contributed by atoms with Gasteiger partial charge in [0.2, 0.25) is 11.8 Å². The molecular weight excluding hydrogens is 364 g/mol. The lowest BCUT2D eigenvalue weighted by Crippen LogP contribution is -2.31. The first-order chi connectivity index (χ1) is 13.1. The fourth-order valence-electron chi connectivity index (χ4n) is 2.49. The summed E-state index contributed by atoms with van der Waals surface area (Å²) in [6.07, 6.45) is 1.48. The minimum absolute atomic E-state index is 0.0733. The molecule has 0 N–H and O–H groups in total. The van der Waals surface area contributed by atoms with Gasteiger partial charge in [-0.1, -0.05) is 18.2 Å². The van der Waals surface area contributed by atoms with Crippen molar-refractivity contribution in [1.29, 1.82) is 0 Å². The Hall–Kier alpha value is -2.93. The molecule has 6 nitrogen and oxygen atoms in total. The number of oxazole rings is 1. The third-order valence-corrected chi connectivity index (χ3v) is 5.19. The first kappa shape index (κ1) is 18.8. The van der Waals surface area contributed by atoms with Crippen LogP contribution in [-0.2, 0) is 21.3 Å². The fourth-order valence-corrected chi connectivity index (χ4v) is 3.52. The average molecular weight is 384 g/mol. The molecule has 1 unspecified atom stereocenters. The summed E-state index contributed by atoms with van der Waals surface area (Å²) in [7, 11) is 1.90. The van der Waals surface area contributed by atoms with E-state index in [4.69, 9.17) is 9.15 Å². The van der Waals surface area contributed by atoms with Crippen LogP contribution in [0.5, 0.6) is 5.75 Å². The molecule has 0 saturated carbocycles. The summed E-state index contributed by atoms with van der Waals surface area (Å²) < 4.78 is 22.9. The van der Waals surface area contributed by atoms with Gasteiger partial charge < -0.3 is 14.1 Å². The normalized spacial score (nSPS) is 11.8. The molecule has 0 aliphatic rings. The Kier molecular flexibility index (Phi) is 6.03. The molecule has 7 heteroatoms. The van der Waals surface area contributed by atoms with Crippen molar-refractivity contribution < 1.29 is 18.2 Å². The average Bonchev–Trinajstić information content (AvgIpc) is 3.16. The zero-order valence-electron chi connectivity index (χ0n) is 15.1. The SMILES string of the molecule is COc1ccc(-c2nc(CS(=O)CC(=O)N(C)c3ccccc3)co2)cc1. The maximum Gasteiger partial charge on any atom is 0.239 e. The van der Waals surface area contributed by atoms with Gasteiger partial charge in [-0.15, -0.1) is 0 Å². The molecule has 0 aliphatic carbocycles. The molecule has 2 aromatic carbocycles. The van der Waals surface area contributed by atoms with Crippen molar-refractivity contribution >= 4 is 22.4 Å². The Morgan fingerprint density at radius 1 is 1.15 bits per heavy atom. The quantitative estimate of drug-likeness (QED) is 0.625. The number of methoxy groups -OCH3 is 1. The van der Waals surface area contributed by atoms with E-state index >= 15 is 0 Å². The number of ether oxygens (including phenoxy) is 1. The number of benzene rings is 2. The largest absolute Gasteiger partial charge is 0.497 e. The van der Waals surface area contributed by atoms with E-state index in [1.807, 2.05) is 54.6 Å². The van der Waals surface area contributed by atoms with Gasteiger partial charge in [0.15, 0.2) is 0 Å². The summed E-state index contributed by atoms with van der Waals surface area (Å²) in [6, 6.07) is 16.6. The van der Waals surface area contributed by atoms with Gasteiger partial charge in [0, 0.05) is 29.1 Å². The van der Waals surface area contributed by atoms with E-state index in [2.05, 4.69) is 4.98 Å². The van der Waals surface area contributed by atoms with Crippen molar-refractivity contribution in [2.24, 2.45) is 0 Å². The molecule has 0 saturated heterocycles. The Balaban J connectivity index is 1.59. The number of amides is 1. The molecule has 3 rings (SSSR count).